The smallest absolute Gasteiger partial charge is 0.331 e. The van der Waals surface area contributed by atoms with E-state index in [9.17, 15) is 18.0 Å². The first-order chi connectivity index (χ1) is 14.1. The highest BCUT2D eigenvalue weighted by Crippen LogP contribution is 2.34. The molecule has 30 heavy (non-hydrogen) atoms. The van der Waals surface area contributed by atoms with Gasteiger partial charge in [-0.15, -0.1) is 0 Å². The lowest BCUT2D eigenvalue weighted by Crippen LogP contribution is -2.58. The fourth-order valence-corrected chi connectivity index (χ4v) is 5.80. The van der Waals surface area contributed by atoms with Crippen molar-refractivity contribution < 1.29 is 22.7 Å². The zero-order valence-electron chi connectivity index (χ0n) is 18.2. The molecule has 1 N–H and O–H groups in total. The Bertz CT molecular complexity index is 875. The number of methoxy groups -OCH3 is 1. The van der Waals surface area contributed by atoms with Gasteiger partial charge < -0.3 is 14.6 Å². The van der Waals surface area contributed by atoms with Crippen molar-refractivity contribution in [2.45, 2.75) is 62.9 Å². The number of sulfonamides is 1. The monoisotopic (exact) mass is 440 g/mol. The Balaban J connectivity index is 1.64. The molecule has 1 aliphatic carbocycles. The van der Waals surface area contributed by atoms with Crippen molar-refractivity contribution in [2.75, 3.05) is 20.2 Å². The van der Waals surface area contributed by atoms with E-state index in [4.69, 9.17) is 4.74 Å². The van der Waals surface area contributed by atoms with E-state index in [-0.39, 0.29) is 29.9 Å². The number of ether oxygens (including phenoxy) is 1. The Morgan fingerprint density at radius 2 is 1.80 bits per heavy atom. The summed E-state index contributed by atoms with van der Waals surface area (Å²) in [5.74, 6) is 0.220. The second-order valence-electron chi connectivity index (χ2n) is 8.66. The normalized spacial score (nSPS) is 26.3. The van der Waals surface area contributed by atoms with E-state index in [1.807, 2.05) is 0 Å². The van der Waals surface area contributed by atoms with Gasteiger partial charge in [0.1, 0.15) is 11.4 Å². The van der Waals surface area contributed by atoms with Crippen molar-refractivity contribution in [2.24, 2.45) is 18.9 Å². The lowest BCUT2D eigenvalue weighted by molar-refractivity contribution is -0.153. The topological polar surface area (TPSA) is 111 Å². The molecule has 1 aromatic rings. The third-order valence-electron chi connectivity index (χ3n) is 6.58. The molecule has 9 nitrogen and oxygen atoms in total. The molecule has 1 saturated carbocycles. The molecule has 1 saturated heterocycles. The molecule has 0 spiro atoms. The van der Waals surface area contributed by atoms with Crippen LogP contribution in [0.1, 0.15) is 51.3 Å². The first kappa shape index (κ1) is 22.7. The summed E-state index contributed by atoms with van der Waals surface area (Å²) in [4.78, 5) is 29.5. The summed E-state index contributed by atoms with van der Waals surface area (Å²) in [6.45, 7) is 4.39. The van der Waals surface area contributed by atoms with Gasteiger partial charge in [0.25, 0.3) is 10.0 Å². The summed E-state index contributed by atoms with van der Waals surface area (Å²) in [6, 6.07) is 0. The summed E-state index contributed by atoms with van der Waals surface area (Å²) in [7, 11) is -0.585. The number of nitrogens with zero attached hydrogens (tertiary/aromatic N) is 3. The average molecular weight is 441 g/mol. The number of amides is 1. The highest BCUT2D eigenvalue weighted by atomic mass is 32.2. The number of nitrogens with one attached hydrogen (secondary N) is 1. The molecular formula is C20H32N4O5S. The molecule has 168 valence electrons. The Morgan fingerprint density at radius 1 is 1.20 bits per heavy atom. The van der Waals surface area contributed by atoms with E-state index < -0.39 is 21.5 Å². The van der Waals surface area contributed by atoms with Crippen LogP contribution < -0.4 is 5.32 Å². The summed E-state index contributed by atoms with van der Waals surface area (Å²) in [5, 5.41) is 3.01. The average Bonchev–Trinajstić information content (AvgIpc) is 3.08. The zero-order valence-corrected chi connectivity index (χ0v) is 19.0. The third-order valence-corrected chi connectivity index (χ3v) is 8.35. The van der Waals surface area contributed by atoms with Gasteiger partial charge in [-0.25, -0.2) is 18.2 Å². The molecule has 1 aromatic heterocycles. The van der Waals surface area contributed by atoms with E-state index in [1.165, 1.54) is 17.6 Å². The largest absolute Gasteiger partial charge is 0.467 e. The van der Waals surface area contributed by atoms with Crippen LogP contribution in [0.2, 0.25) is 0 Å². The number of carbonyl (C=O) groups excluding carboxylic acids is 2. The second kappa shape index (κ2) is 8.66. The van der Waals surface area contributed by atoms with Gasteiger partial charge in [0.2, 0.25) is 5.91 Å². The molecule has 0 aromatic carbocycles. The Hall–Kier alpha value is -1.94. The molecule has 1 aliphatic heterocycles. The SMILES string of the molecule is COC(=O)C1(NC(=O)C2CCN(S(=O)(=O)c3cn(C)c(C)n3)CC2)CCC(C)CC1. The summed E-state index contributed by atoms with van der Waals surface area (Å²) >= 11 is 0. The molecule has 10 heteroatoms. The highest BCUT2D eigenvalue weighted by Gasteiger charge is 2.45. The van der Waals surface area contributed by atoms with Crippen molar-refractivity contribution in [1.82, 2.24) is 19.2 Å². The number of esters is 1. The number of aryl methyl sites for hydroxylation is 2. The number of hydrogen-bond donors (Lipinski definition) is 1. The fraction of sp³-hybridized carbons (Fsp3) is 0.750. The highest BCUT2D eigenvalue weighted by molar-refractivity contribution is 7.89. The molecule has 0 atom stereocenters. The number of piperidine rings is 1. The number of carbonyl (C=O) groups is 2. The molecule has 0 bridgehead atoms. The van der Waals surface area contributed by atoms with E-state index in [0.29, 0.717) is 37.4 Å². The van der Waals surface area contributed by atoms with Crippen LogP contribution in [0.15, 0.2) is 11.2 Å². The van der Waals surface area contributed by atoms with Gasteiger partial charge in [0.15, 0.2) is 5.03 Å². The van der Waals surface area contributed by atoms with Crippen LogP contribution in [0.25, 0.3) is 0 Å². The van der Waals surface area contributed by atoms with Crippen molar-refractivity contribution in [3.63, 3.8) is 0 Å². The predicted molar refractivity (Wildman–Crippen MR) is 110 cm³/mol. The first-order valence-corrected chi connectivity index (χ1v) is 11.9. The van der Waals surface area contributed by atoms with E-state index in [2.05, 4.69) is 17.2 Å². The van der Waals surface area contributed by atoms with Crippen LogP contribution in [0.5, 0.6) is 0 Å². The molecule has 3 rings (SSSR count). The molecular weight excluding hydrogens is 408 g/mol. The van der Waals surface area contributed by atoms with Crippen molar-refractivity contribution >= 4 is 21.9 Å². The summed E-state index contributed by atoms with van der Waals surface area (Å²) < 4.78 is 33.7. The minimum atomic E-state index is -3.68. The predicted octanol–water partition coefficient (Wildman–Crippen LogP) is 1.37. The van der Waals surface area contributed by atoms with Crippen LogP contribution in [-0.4, -0.2) is 59.9 Å². The van der Waals surface area contributed by atoms with E-state index >= 15 is 0 Å². The van der Waals surface area contributed by atoms with Gasteiger partial charge in [-0.3, -0.25) is 4.79 Å². The molecule has 0 radical (unpaired) electrons. The molecule has 2 aliphatic rings. The molecule has 1 amide bonds. The Morgan fingerprint density at radius 3 is 2.30 bits per heavy atom. The third kappa shape index (κ3) is 4.39. The van der Waals surface area contributed by atoms with Crippen LogP contribution in [0.3, 0.4) is 0 Å². The summed E-state index contributed by atoms with van der Waals surface area (Å²) in [6.07, 6.45) is 5.17. The van der Waals surface area contributed by atoms with Gasteiger partial charge >= 0.3 is 5.97 Å². The lowest BCUT2D eigenvalue weighted by atomic mass is 9.76. The standard InChI is InChI=1S/C20H32N4O5S/c1-14-5-9-20(10-6-14,19(26)29-4)22-18(25)16-7-11-24(12-8-16)30(27,28)17-13-23(3)15(2)21-17/h13-14,16H,5-12H2,1-4H3,(H,22,25). The molecule has 2 heterocycles. The van der Waals surface area contributed by atoms with Crippen molar-refractivity contribution in [3.8, 4) is 0 Å². The quantitative estimate of drug-likeness (QED) is 0.693. The van der Waals surface area contributed by atoms with Crippen LogP contribution in [0, 0.1) is 18.8 Å². The fourth-order valence-electron chi connectivity index (χ4n) is 4.31. The molecule has 2 fully saturated rings. The lowest BCUT2D eigenvalue weighted by Gasteiger charge is -2.39. The number of hydrogen-bond acceptors (Lipinski definition) is 6. The minimum absolute atomic E-state index is 0.0337. The second-order valence-corrected chi connectivity index (χ2v) is 10.5. The Kier molecular flexibility index (Phi) is 6.57. The van der Waals surface area contributed by atoms with E-state index in [1.54, 1.807) is 18.5 Å². The number of aromatic nitrogens is 2. The zero-order chi connectivity index (χ0) is 22.1. The van der Waals surface area contributed by atoms with Gasteiger partial charge in [-0.1, -0.05) is 6.92 Å². The Labute approximate surface area is 178 Å². The van der Waals surface area contributed by atoms with Gasteiger partial charge in [0.05, 0.1) is 7.11 Å². The minimum Gasteiger partial charge on any atom is -0.467 e. The molecule has 0 unspecified atom stereocenters. The van der Waals surface area contributed by atoms with Crippen molar-refractivity contribution in [3.05, 3.63) is 12.0 Å². The maximum Gasteiger partial charge on any atom is 0.331 e. The van der Waals surface area contributed by atoms with Gasteiger partial charge in [-0.2, -0.15) is 4.31 Å². The number of imidazole rings is 1. The maximum atomic E-state index is 12.9. The first-order valence-electron chi connectivity index (χ1n) is 10.5. The summed E-state index contributed by atoms with van der Waals surface area (Å²) in [5.41, 5.74) is -0.965. The van der Waals surface area contributed by atoms with Crippen LogP contribution >= 0.6 is 0 Å². The van der Waals surface area contributed by atoms with Gasteiger partial charge in [-0.05, 0) is 51.4 Å². The van der Waals surface area contributed by atoms with Crippen LogP contribution in [0.4, 0.5) is 0 Å². The van der Waals surface area contributed by atoms with Crippen molar-refractivity contribution in [1.29, 1.82) is 0 Å². The number of rotatable bonds is 5. The van der Waals surface area contributed by atoms with E-state index in [0.717, 1.165) is 12.8 Å². The maximum absolute atomic E-state index is 12.9. The van der Waals surface area contributed by atoms with Crippen LogP contribution in [-0.2, 0) is 31.4 Å². The van der Waals surface area contributed by atoms with Gasteiger partial charge in [0, 0.05) is 32.3 Å².